The van der Waals surface area contributed by atoms with Crippen LogP contribution >= 0.6 is 0 Å². The predicted molar refractivity (Wildman–Crippen MR) is 46.2 cm³/mol. The maximum absolute atomic E-state index is 9.64. The third-order valence-electron chi connectivity index (χ3n) is 2.22. The molecule has 0 aliphatic carbocycles. The summed E-state index contributed by atoms with van der Waals surface area (Å²) in [6.45, 7) is 7.09. The number of hydrogen-bond donors (Lipinski definition) is 2. The molecule has 0 bridgehead atoms. The van der Waals surface area contributed by atoms with Crippen LogP contribution in [0, 0.1) is 22.7 Å². The highest BCUT2D eigenvalue weighted by molar-refractivity contribution is 4.98. The molecule has 2 atom stereocenters. The molecule has 70 valence electrons. The summed E-state index contributed by atoms with van der Waals surface area (Å²) in [5.41, 5.74) is -0.761. The van der Waals surface area contributed by atoms with Crippen molar-refractivity contribution in [2.45, 2.75) is 39.9 Å². The van der Waals surface area contributed by atoms with Crippen molar-refractivity contribution in [1.29, 1.82) is 5.26 Å². The highest BCUT2D eigenvalue weighted by Crippen LogP contribution is 2.29. The van der Waals surface area contributed by atoms with Gasteiger partial charge in [0.05, 0.1) is 12.2 Å². The fourth-order valence-corrected chi connectivity index (χ4v) is 1.19. The first-order valence-electron chi connectivity index (χ1n) is 4.09. The Morgan fingerprint density at radius 1 is 1.25 bits per heavy atom. The summed E-state index contributed by atoms with van der Waals surface area (Å²) in [6.07, 6.45) is -1.78. The van der Waals surface area contributed by atoms with Gasteiger partial charge in [-0.3, -0.25) is 0 Å². The van der Waals surface area contributed by atoms with Crippen LogP contribution in [0.2, 0.25) is 0 Å². The molecule has 3 heteroatoms. The molecule has 0 amide bonds. The smallest absolute Gasteiger partial charge is 0.148 e. The molecular weight excluding hydrogens is 154 g/mol. The summed E-state index contributed by atoms with van der Waals surface area (Å²) in [7, 11) is 0. The van der Waals surface area contributed by atoms with Gasteiger partial charge in [0.1, 0.15) is 6.10 Å². The Hall–Kier alpha value is -0.590. The van der Waals surface area contributed by atoms with Crippen molar-refractivity contribution >= 4 is 0 Å². The fraction of sp³-hybridized carbons (Fsp3) is 0.889. The SMILES string of the molecule is CC(C)C(O)C(C)(C)C(O)C#N. The van der Waals surface area contributed by atoms with Gasteiger partial charge in [0, 0.05) is 5.41 Å². The van der Waals surface area contributed by atoms with Crippen LogP contribution in [0.5, 0.6) is 0 Å². The highest BCUT2D eigenvalue weighted by atomic mass is 16.3. The minimum Gasteiger partial charge on any atom is -0.392 e. The van der Waals surface area contributed by atoms with Crippen molar-refractivity contribution in [2.24, 2.45) is 11.3 Å². The Bertz CT molecular complexity index is 181. The zero-order chi connectivity index (χ0) is 9.94. The number of aliphatic hydroxyl groups excluding tert-OH is 2. The van der Waals surface area contributed by atoms with Gasteiger partial charge in [0.2, 0.25) is 0 Å². The van der Waals surface area contributed by atoms with Crippen LogP contribution in [0.4, 0.5) is 0 Å². The second-order valence-electron chi connectivity index (χ2n) is 4.04. The van der Waals surface area contributed by atoms with Crippen molar-refractivity contribution in [1.82, 2.24) is 0 Å². The van der Waals surface area contributed by atoms with E-state index in [4.69, 9.17) is 5.26 Å². The molecule has 2 N–H and O–H groups in total. The van der Waals surface area contributed by atoms with Crippen LogP contribution in [0.25, 0.3) is 0 Å². The van der Waals surface area contributed by atoms with Gasteiger partial charge in [0.15, 0.2) is 0 Å². The second-order valence-corrected chi connectivity index (χ2v) is 4.04. The van der Waals surface area contributed by atoms with Gasteiger partial charge >= 0.3 is 0 Å². The van der Waals surface area contributed by atoms with Crippen molar-refractivity contribution < 1.29 is 10.2 Å². The van der Waals surface area contributed by atoms with Gasteiger partial charge in [-0.25, -0.2) is 0 Å². The monoisotopic (exact) mass is 171 g/mol. The largest absolute Gasteiger partial charge is 0.392 e. The lowest BCUT2D eigenvalue weighted by atomic mass is 9.77. The molecule has 0 fully saturated rings. The zero-order valence-corrected chi connectivity index (χ0v) is 8.07. The van der Waals surface area contributed by atoms with Crippen LogP contribution in [0.3, 0.4) is 0 Å². The van der Waals surface area contributed by atoms with Gasteiger partial charge in [-0.1, -0.05) is 27.7 Å². The third-order valence-corrected chi connectivity index (χ3v) is 2.22. The van der Waals surface area contributed by atoms with E-state index in [1.807, 2.05) is 13.8 Å². The number of rotatable bonds is 3. The van der Waals surface area contributed by atoms with Crippen molar-refractivity contribution in [3.63, 3.8) is 0 Å². The number of hydrogen-bond acceptors (Lipinski definition) is 3. The second kappa shape index (κ2) is 3.88. The van der Waals surface area contributed by atoms with Crippen LogP contribution < -0.4 is 0 Å². The minimum atomic E-state index is -1.12. The van der Waals surface area contributed by atoms with Crippen LogP contribution in [-0.4, -0.2) is 22.4 Å². The van der Waals surface area contributed by atoms with E-state index in [9.17, 15) is 10.2 Å². The molecule has 0 saturated carbocycles. The molecule has 0 radical (unpaired) electrons. The lowest BCUT2D eigenvalue weighted by Gasteiger charge is -2.34. The van der Waals surface area contributed by atoms with Gasteiger partial charge in [0.25, 0.3) is 0 Å². The van der Waals surface area contributed by atoms with E-state index >= 15 is 0 Å². The minimum absolute atomic E-state index is 0.0444. The highest BCUT2D eigenvalue weighted by Gasteiger charge is 2.37. The predicted octanol–water partition coefficient (Wildman–Crippen LogP) is 0.914. The van der Waals surface area contributed by atoms with E-state index in [1.54, 1.807) is 19.9 Å². The summed E-state index contributed by atoms with van der Waals surface area (Å²) in [4.78, 5) is 0. The Balaban J connectivity index is 4.51. The Morgan fingerprint density at radius 2 is 1.67 bits per heavy atom. The van der Waals surface area contributed by atoms with E-state index < -0.39 is 17.6 Å². The van der Waals surface area contributed by atoms with Gasteiger partial charge in [-0.2, -0.15) is 5.26 Å². The fourth-order valence-electron chi connectivity index (χ4n) is 1.19. The molecular formula is C9H17NO2. The standard InChI is InChI=1S/C9H17NO2/c1-6(2)8(12)9(3,4)7(11)5-10/h6-8,11-12H,1-4H3. The van der Waals surface area contributed by atoms with Crippen LogP contribution in [-0.2, 0) is 0 Å². The van der Waals surface area contributed by atoms with Crippen LogP contribution in [0.15, 0.2) is 0 Å². The maximum atomic E-state index is 9.64. The molecule has 0 aromatic rings. The molecule has 0 aromatic heterocycles. The van der Waals surface area contributed by atoms with E-state index in [1.165, 1.54) is 0 Å². The Kier molecular flexibility index (Phi) is 3.69. The molecule has 0 saturated heterocycles. The Morgan fingerprint density at radius 3 is 1.92 bits per heavy atom. The average molecular weight is 171 g/mol. The zero-order valence-electron chi connectivity index (χ0n) is 8.07. The maximum Gasteiger partial charge on any atom is 0.148 e. The van der Waals surface area contributed by atoms with Crippen molar-refractivity contribution in [2.75, 3.05) is 0 Å². The van der Waals surface area contributed by atoms with Gasteiger partial charge < -0.3 is 10.2 Å². The quantitative estimate of drug-likeness (QED) is 0.620. The molecule has 0 spiro atoms. The molecule has 2 unspecified atom stereocenters. The third kappa shape index (κ3) is 2.20. The summed E-state index contributed by atoms with van der Waals surface area (Å²) >= 11 is 0. The summed E-state index contributed by atoms with van der Waals surface area (Å²) in [6, 6.07) is 1.74. The average Bonchev–Trinajstić information content (AvgIpc) is 2.01. The lowest BCUT2D eigenvalue weighted by molar-refractivity contribution is -0.0459. The van der Waals surface area contributed by atoms with E-state index in [2.05, 4.69) is 0 Å². The molecule has 0 aliphatic rings. The first kappa shape index (κ1) is 11.4. The van der Waals surface area contributed by atoms with Crippen molar-refractivity contribution in [3.05, 3.63) is 0 Å². The summed E-state index contributed by atoms with van der Waals surface area (Å²) in [5.74, 6) is 0.0444. The molecule has 12 heavy (non-hydrogen) atoms. The van der Waals surface area contributed by atoms with Gasteiger partial charge in [-0.15, -0.1) is 0 Å². The van der Waals surface area contributed by atoms with Gasteiger partial charge in [-0.05, 0) is 5.92 Å². The molecule has 3 nitrogen and oxygen atoms in total. The van der Waals surface area contributed by atoms with Crippen LogP contribution in [0.1, 0.15) is 27.7 Å². The summed E-state index contributed by atoms with van der Waals surface area (Å²) in [5, 5.41) is 27.4. The lowest BCUT2D eigenvalue weighted by Crippen LogP contribution is -2.42. The molecule has 0 aromatic carbocycles. The Labute approximate surface area is 73.6 Å². The van der Waals surface area contributed by atoms with E-state index in [0.29, 0.717) is 0 Å². The van der Waals surface area contributed by atoms with E-state index in [-0.39, 0.29) is 5.92 Å². The normalized spacial score (nSPS) is 17.2. The first-order valence-corrected chi connectivity index (χ1v) is 4.09. The topological polar surface area (TPSA) is 64.2 Å². The number of aliphatic hydroxyl groups is 2. The number of nitriles is 1. The van der Waals surface area contributed by atoms with E-state index in [0.717, 1.165) is 0 Å². The summed E-state index contributed by atoms with van der Waals surface area (Å²) < 4.78 is 0. The molecule has 0 heterocycles. The number of nitrogens with zero attached hydrogens (tertiary/aromatic N) is 1. The first-order chi connectivity index (χ1) is 5.34. The van der Waals surface area contributed by atoms with Crippen molar-refractivity contribution in [3.8, 4) is 6.07 Å². The molecule has 0 rings (SSSR count). The molecule has 0 aliphatic heterocycles.